The Morgan fingerprint density at radius 3 is 2.48 bits per heavy atom. The molecule has 0 aliphatic heterocycles. The Bertz CT molecular complexity index is 1020. The second kappa shape index (κ2) is 9.51. The number of hydrogen-bond donors (Lipinski definition) is 1. The fourth-order valence-corrected chi connectivity index (χ4v) is 4.44. The van der Waals surface area contributed by atoms with Crippen LogP contribution in [0.2, 0.25) is 0 Å². The third-order valence-corrected chi connectivity index (χ3v) is 6.58. The van der Waals surface area contributed by atoms with Gasteiger partial charge in [-0.3, -0.25) is 4.79 Å². The van der Waals surface area contributed by atoms with Crippen LogP contribution in [-0.2, 0) is 26.6 Å². The average Bonchev–Trinajstić information content (AvgIpc) is 3.05. The molecule has 8 nitrogen and oxygen atoms in total. The number of nitrogens with one attached hydrogen (secondary N) is 1. The van der Waals surface area contributed by atoms with Gasteiger partial charge in [0.05, 0.1) is 5.69 Å². The van der Waals surface area contributed by atoms with Gasteiger partial charge in [0.25, 0.3) is 5.91 Å². The monoisotopic (exact) mass is 489 g/mol. The fraction of sp³-hybridized carbons (Fsp3) is 0.333. The molecule has 158 valence electrons. The molecule has 0 saturated carbocycles. The van der Waals surface area contributed by atoms with Crippen molar-refractivity contribution in [3.8, 4) is 0 Å². The molecule has 0 unspecified atom stereocenters. The Labute approximate surface area is 176 Å². The highest BCUT2D eigenvalue weighted by Crippen LogP contribution is 2.20. The highest BCUT2D eigenvalue weighted by Gasteiger charge is 2.26. The Morgan fingerprint density at radius 2 is 1.90 bits per heavy atom. The second-order valence-electron chi connectivity index (χ2n) is 6.01. The van der Waals surface area contributed by atoms with Crippen LogP contribution in [0.15, 0.2) is 39.8 Å². The number of hydrogen-bond acceptors (Lipinski definition) is 5. The molecule has 1 heterocycles. The van der Waals surface area contributed by atoms with Gasteiger partial charge in [-0.2, -0.15) is 4.31 Å². The lowest BCUT2D eigenvalue weighted by Gasteiger charge is -2.17. The normalized spacial score (nSPS) is 11.5. The molecule has 0 fully saturated rings. The molecule has 0 bridgehead atoms. The van der Waals surface area contributed by atoms with Crippen molar-refractivity contribution in [1.29, 1.82) is 0 Å². The van der Waals surface area contributed by atoms with Gasteiger partial charge in [-0.25, -0.2) is 17.6 Å². The molecule has 1 aromatic heterocycles. The van der Waals surface area contributed by atoms with Crippen molar-refractivity contribution in [3.63, 3.8) is 0 Å². The molecule has 11 heteroatoms. The number of sulfonamides is 1. The van der Waals surface area contributed by atoms with Crippen LogP contribution in [-0.4, -0.2) is 48.9 Å². The zero-order valence-electron chi connectivity index (χ0n) is 16.1. The van der Waals surface area contributed by atoms with Crippen molar-refractivity contribution in [2.24, 2.45) is 7.05 Å². The summed E-state index contributed by atoms with van der Waals surface area (Å²) in [5, 5.41) is 2.30. The van der Waals surface area contributed by atoms with Crippen LogP contribution in [0.25, 0.3) is 0 Å². The summed E-state index contributed by atoms with van der Waals surface area (Å²) in [6, 6.07) is 5.29. The van der Waals surface area contributed by atoms with Crippen LogP contribution in [0.3, 0.4) is 0 Å². The van der Waals surface area contributed by atoms with E-state index in [4.69, 9.17) is 4.74 Å². The summed E-state index contributed by atoms with van der Waals surface area (Å²) in [4.78, 5) is 24.2. The molecular weight excluding hydrogens is 469 g/mol. The smallest absolute Gasteiger partial charge is 0.355 e. The maximum Gasteiger partial charge on any atom is 0.355 e. The number of carbonyl (C=O) groups is 2. The minimum atomic E-state index is -3.74. The van der Waals surface area contributed by atoms with Crippen molar-refractivity contribution < 1.29 is 27.1 Å². The molecular formula is C18H21BrFN3O5S. The van der Waals surface area contributed by atoms with Gasteiger partial charge in [0, 0.05) is 30.8 Å². The minimum absolute atomic E-state index is 0.0293. The van der Waals surface area contributed by atoms with Gasteiger partial charge in [-0.05, 0) is 24.3 Å². The van der Waals surface area contributed by atoms with E-state index in [0.29, 0.717) is 17.6 Å². The number of rotatable bonds is 8. The van der Waals surface area contributed by atoms with Gasteiger partial charge in [0.2, 0.25) is 10.0 Å². The molecule has 0 aliphatic carbocycles. The SMILES string of the molecule is CCN(CC)S(=O)(=O)c1cc(C(=O)OCC(=O)Nc2ccc(Br)cc2F)n(C)c1. The molecule has 2 aromatic rings. The first-order valence-corrected chi connectivity index (χ1v) is 10.9. The van der Waals surface area contributed by atoms with E-state index in [1.54, 1.807) is 19.9 Å². The predicted octanol–water partition coefficient (Wildman–Crippen LogP) is 2.75. The van der Waals surface area contributed by atoms with Crippen LogP contribution in [0.5, 0.6) is 0 Å². The lowest BCUT2D eigenvalue weighted by Crippen LogP contribution is -2.30. The van der Waals surface area contributed by atoms with E-state index >= 15 is 0 Å². The third-order valence-electron chi connectivity index (χ3n) is 4.07. The molecule has 0 aliphatic rings. The van der Waals surface area contributed by atoms with Crippen molar-refractivity contribution >= 4 is 43.5 Å². The standard InChI is InChI=1S/C18H21BrFN3O5S/c1-4-23(5-2)29(26,27)13-9-16(22(3)10-13)18(25)28-11-17(24)21-15-7-6-12(19)8-14(15)20/h6-10H,4-5,11H2,1-3H3,(H,21,24). The maximum absolute atomic E-state index is 13.7. The van der Waals surface area contributed by atoms with Gasteiger partial charge in [0.15, 0.2) is 6.61 Å². The number of anilines is 1. The quantitative estimate of drug-likeness (QED) is 0.574. The van der Waals surface area contributed by atoms with E-state index < -0.39 is 34.3 Å². The molecule has 29 heavy (non-hydrogen) atoms. The number of nitrogens with zero attached hydrogens (tertiary/aromatic N) is 2. The van der Waals surface area contributed by atoms with Crippen molar-refractivity contribution in [2.75, 3.05) is 25.0 Å². The average molecular weight is 490 g/mol. The number of benzene rings is 1. The zero-order chi connectivity index (χ0) is 21.8. The van der Waals surface area contributed by atoms with Crippen LogP contribution >= 0.6 is 15.9 Å². The third kappa shape index (κ3) is 5.43. The molecule has 0 atom stereocenters. The molecule has 0 spiro atoms. The van der Waals surface area contributed by atoms with Crippen molar-refractivity contribution in [1.82, 2.24) is 8.87 Å². The first kappa shape index (κ1) is 23.0. The summed E-state index contributed by atoms with van der Waals surface area (Å²) in [5.41, 5.74) is -0.0842. The minimum Gasteiger partial charge on any atom is -0.451 e. The van der Waals surface area contributed by atoms with E-state index in [1.807, 2.05) is 0 Å². The first-order valence-electron chi connectivity index (χ1n) is 8.68. The molecule has 0 radical (unpaired) electrons. The molecule has 0 saturated heterocycles. The second-order valence-corrected chi connectivity index (χ2v) is 8.86. The fourth-order valence-electron chi connectivity index (χ4n) is 2.57. The van der Waals surface area contributed by atoms with E-state index in [0.717, 1.165) is 0 Å². The van der Waals surface area contributed by atoms with Gasteiger partial charge in [-0.1, -0.05) is 29.8 Å². The number of ether oxygens (including phenoxy) is 1. The maximum atomic E-state index is 13.7. The van der Waals surface area contributed by atoms with Crippen LogP contribution in [0.4, 0.5) is 10.1 Å². The Balaban J connectivity index is 2.06. The predicted molar refractivity (Wildman–Crippen MR) is 109 cm³/mol. The van der Waals surface area contributed by atoms with Gasteiger partial charge < -0.3 is 14.6 Å². The summed E-state index contributed by atoms with van der Waals surface area (Å²) < 4.78 is 46.9. The summed E-state index contributed by atoms with van der Waals surface area (Å²) in [6.07, 6.45) is 1.31. The number of halogens is 2. The van der Waals surface area contributed by atoms with E-state index in [2.05, 4.69) is 21.2 Å². The summed E-state index contributed by atoms with van der Waals surface area (Å²) in [7, 11) is -2.24. The largest absolute Gasteiger partial charge is 0.451 e. The van der Waals surface area contributed by atoms with E-state index in [9.17, 15) is 22.4 Å². The van der Waals surface area contributed by atoms with E-state index in [1.165, 1.54) is 40.3 Å². The van der Waals surface area contributed by atoms with Crippen molar-refractivity contribution in [3.05, 3.63) is 46.4 Å². The summed E-state index contributed by atoms with van der Waals surface area (Å²) in [6.45, 7) is 3.36. The molecule has 1 aromatic carbocycles. The number of aryl methyl sites for hydroxylation is 1. The first-order chi connectivity index (χ1) is 13.6. The van der Waals surface area contributed by atoms with Gasteiger partial charge >= 0.3 is 5.97 Å². The number of carbonyl (C=O) groups excluding carboxylic acids is 2. The summed E-state index contributed by atoms with van der Waals surface area (Å²) in [5.74, 6) is -2.25. The molecule has 1 N–H and O–H groups in total. The topological polar surface area (TPSA) is 97.7 Å². The van der Waals surface area contributed by atoms with Gasteiger partial charge in [-0.15, -0.1) is 0 Å². The van der Waals surface area contributed by atoms with Gasteiger partial charge in [0.1, 0.15) is 16.4 Å². The van der Waals surface area contributed by atoms with Crippen LogP contribution in [0.1, 0.15) is 24.3 Å². The van der Waals surface area contributed by atoms with Crippen LogP contribution in [0, 0.1) is 5.82 Å². The number of amides is 1. The van der Waals surface area contributed by atoms with E-state index in [-0.39, 0.29) is 16.3 Å². The number of esters is 1. The lowest BCUT2D eigenvalue weighted by molar-refractivity contribution is -0.119. The molecule has 1 amide bonds. The highest BCUT2D eigenvalue weighted by atomic mass is 79.9. The Morgan fingerprint density at radius 1 is 1.24 bits per heavy atom. The zero-order valence-corrected chi connectivity index (χ0v) is 18.5. The Kier molecular flexibility index (Phi) is 7.55. The van der Waals surface area contributed by atoms with Crippen LogP contribution < -0.4 is 5.32 Å². The lowest BCUT2D eigenvalue weighted by atomic mass is 10.3. The Hall–Kier alpha value is -2.24. The summed E-state index contributed by atoms with van der Waals surface area (Å²) >= 11 is 3.11. The highest BCUT2D eigenvalue weighted by molar-refractivity contribution is 9.10. The molecule has 2 rings (SSSR count). The van der Waals surface area contributed by atoms with Crippen molar-refractivity contribution in [2.45, 2.75) is 18.7 Å². The number of aromatic nitrogens is 1.